The molecule has 0 bridgehead atoms. The summed E-state index contributed by atoms with van der Waals surface area (Å²) in [4.78, 5) is 43.7. The van der Waals surface area contributed by atoms with Crippen LogP contribution in [0.25, 0.3) is 0 Å². The molecule has 2 atom stereocenters. The standard InChI is InChI=1S/C15H22N3O4P.C4H10N2O/c1-10(2)14(18-23)15(21)16-7-13(20)17-12-5-3-11(4-6-12)8-22-9-19;1-2-3-6-4(5)7/h3-6,9-10,14,18H,7-8,23H2,1-2H3,(H,16,21)(H,17,20);2-3H2,1H3,(H3,5,6,7). The SMILES string of the molecule is CC(C)C(NP)C(=O)NCC(=O)Nc1ccc(COC=O)cc1.CCCNC(N)=O. The van der Waals surface area contributed by atoms with Gasteiger partial charge in [0.1, 0.15) is 6.61 Å². The monoisotopic (exact) mass is 441 g/mol. The summed E-state index contributed by atoms with van der Waals surface area (Å²) in [5, 5.41) is 10.5. The van der Waals surface area contributed by atoms with Gasteiger partial charge in [-0.2, -0.15) is 0 Å². The average Bonchev–Trinajstić information content (AvgIpc) is 2.71. The third-order valence-electron chi connectivity index (χ3n) is 3.66. The highest BCUT2D eigenvalue weighted by molar-refractivity contribution is 7.13. The molecule has 0 spiro atoms. The first kappa shape index (κ1) is 27.3. The van der Waals surface area contributed by atoms with Crippen LogP contribution in [0.4, 0.5) is 10.5 Å². The maximum absolute atomic E-state index is 11.9. The number of nitrogens with two attached hydrogens (primary N) is 1. The van der Waals surface area contributed by atoms with E-state index in [0.717, 1.165) is 12.0 Å². The molecule has 2 unspecified atom stereocenters. The number of rotatable bonds is 11. The predicted octanol–water partition coefficient (Wildman–Crippen LogP) is 0.883. The second-order valence-electron chi connectivity index (χ2n) is 6.55. The van der Waals surface area contributed by atoms with Crippen molar-refractivity contribution in [1.82, 2.24) is 15.7 Å². The molecule has 168 valence electrons. The van der Waals surface area contributed by atoms with Gasteiger partial charge < -0.3 is 26.4 Å². The number of urea groups is 1. The minimum atomic E-state index is -0.443. The second kappa shape index (κ2) is 16.1. The van der Waals surface area contributed by atoms with Crippen molar-refractivity contribution in [3.8, 4) is 0 Å². The summed E-state index contributed by atoms with van der Waals surface area (Å²) >= 11 is 0. The Kier molecular flexibility index (Phi) is 14.7. The lowest BCUT2D eigenvalue weighted by molar-refractivity contribution is -0.129. The summed E-state index contributed by atoms with van der Waals surface area (Å²) in [6.45, 7) is 6.93. The number of benzene rings is 1. The molecule has 30 heavy (non-hydrogen) atoms. The van der Waals surface area contributed by atoms with E-state index in [-0.39, 0.29) is 36.9 Å². The van der Waals surface area contributed by atoms with Crippen LogP contribution in [0.15, 0.2) is 24.3 Å². The van der Waals surface area contributed by atoms with Gasteiger partial charge in [-0.25, -0.2) is 4.79 Å². The molecule has 0 saturated heterocycles. The molecule has 11 heteroatoms. The van der Waals surface area contributed by atoms with Crippen molar-refractivity contribution in [2.24, 2.45) is 11.7 Å². The van der Waals surface area contributed by atoms with Gasteiger partial charge in [0.25, 0.3) is 6.47 Å². The lowest BCUT2D eigenvalue weighted by Gasteiger charge is -2.19. The van der Waals surface area contributed by atoms with E-state index in [4.69, 9.17) is 5.73 Å². The van der Waals surface area contributed by atoms with Gasteiger partial charge >= 0.3 is 6.03 Å². The number of ether oxygens (including phenoxy) is 1. The predicted molar refractivity (Wildman–Crippen MR) is 118 cm³/mol. The number of carbonyl (C=O) groups is 4. The van der Waals surface area contributed by atoms with Crippen LogP contribution in [-0.4, -0.2) is 43.4 Å². The van der Waals surface area contributed by atoms with Crippen molar-refractivity contribution >= 4 is 39.4 Å². The van der Waals surface area contributed by atoms with Gasteiger partial charge in [0.15, 0.2) is 0 Å². The van der Waals surface area contributed by atoms with Crippen LogP contribution in [0, 0.1) is 5.92 Å². The van der Waals surface area contributed by atoms with Crippen LogP contribution >= 0.6 is 9.39 Å². The maximum atomic E-state index is 11.9. The number of hydrogen-bond donors (Lipinski definition) is 5. The molecular weight excluding hydrogens is 409 g/mol. The molecule has 0 aliphatic carbocycles. The first-order chi connectivity index (χ1) is 14.2. The van der Waals surface area contributed by atoms with Gasteiger partial charge in [-0.1, -0.05) is 42.3 Å². The smallest absolute Gasteiger partial charge is 0.312 e. The van der Waals surface area contributed by atoms with Gasteiger partial charge in [0.05, 0.1) is 12.6 Å². The Labute approximate surface area is 179 Å². The van der Waals surface area contributed by atoms with Crippen LogP contribution in [0.1, 0.15) is 32.8 Å². The minimum Gasteiger partial charge on any atom is -0.463 e. The van der Waals surface area contributed by atoms with Gasteiger partial charge in [0.2, 0.25) is 11.8 Å². The quantitative estimate of drug-likeness (QED) is 0.254. The van der Waals surface area contributed by atoms with Gasteiger partial charge in [-0.15, -0.1) is 0 Å². The fourth-order valence-corrected chi connectivity index (χ4v) is 2.65. The molecule has 1 aromatic carbocycles. The van der Waals surface area contributed by atoms with Crippen molar-refractivity contribution in [2.75, 3.05) is 18.4 Å². The zero-order chi connectivity index (χ0) is 22.9. The molecule has 0 fully saturated rings. The van der Waals surface area contributed by atoms with E-state index in [0.29, 0.717) is 18.7 Å². The molecule has 0 radical (unpaired) electrons. The van der Waals surface area contributed by atoms with Gasteiger partial charge in [-0.3, -0.25) is 19.5 Å². The molecule has 0 heterocycles. The Bertz CT molecular complexity index is 670. The highest BCUT2D eigenvalue weighted by Crippen LogP contribution is 2.10. The van der Waals surface area contributed by atoms with E-state index in [1.54, 1.807) is 24.3 Å². The first-order valence-corrected chi connectivity index (χ1v) is 10.0. The van der Waals surface area contributed by atoms with Gasteiger partial charge in [-0.05, 0) is 30.0 Å². The lowest BCUT2D eigenvalue weighted by Crippen LogP contribution is -2.46. The van der Waals surface area contributed by atoms with Crippen LogP contribution in [0.2, 0.25) is 0 Å². The summed E-state index contributed by atoms with van der Waals surface area (Å²) in [5.74, 6) is -0.440. The Hall–Kier alpha value is -2.71. The molecule has 1 aromatic rings. The molecule has 0 saturated carbocycles. The Balaban J connectivity index is 0.00000103. The molecule has 10 nitrogen and oxygen atoms in total. The third-order valence-corrected chi connectivity index (χ3v) is 4.02. The van der Waals surface area contributed by atoms with Crippen molar-refractivity contribution in [1.29, 1.82) is 0 Å². The van der Waals surface area contributed by atoms with E-state index in [1.807, 2.05) is 20.8 Å². The van der Waals surface area contributed by atoms with E-state index >= 15 is 0 Å². The lowest BCUT2D eigenvalue weighted by atomic mass is 10.1. The van der Waals surface area contributed by atoms with E-state index in [1.165, 1.54) is 0 Å². The summed E-state index contributed by atoms with van der Waals surface area (Å²) in [6.07, 6.45) is 0.933. The van der Waals surface area contributed by atoms with Crippen LogP contribution in [0.3, 0.4) is 0 Å². The number of anilines is 1. The first-order valence-electron chi connectivity index (χ1n) is 9.46. The van der Waals surface area contributed by atoms with E-state index < -0.39 is 6.03 Å². The molecule has 0 aromatic heterocycles. The number of nitrogens with one attached hydrogen (secondary N) is 4. The summed E-state index contributed by atoms with van der Waals surface area (Å²) in [5.41, 5.74) is 6.14. The van der Waals surface area contributed by atoms with Crippen molar-refractivity contribution in [3.05, 3.63) is 29.8 Å². The number of hydrogen-bond acceptors (Lipinski definition) is 6. The second-order valence-corrected chi connectivity index (χ2v) is 6.88. The molecular formula is C19H32N5O5P. The van der Waals surface area contributed by atoms with E-state index in [9.17, 15) is 19.2 Å². The summed E-state index contributed by atoms with van der Waals surface area (Å²) in [6, 6.07) is 6.07. The summed E-state index contributed by atoms with van der Waals surface area (Å²) in [7, 11) is 2.31. The van der Waals surface area contributed by atoms with Crippen molar-refractivity contribution in [2.45, 2.75) is 39.8 Å². The molecule has 1 rings (SSSR count). The summed E-state index contributed by atoms with van der Waals surface area (Å²) < 4.78 is 4.63. The molecule has 6 N–H and O–H groups in total. The third kappa shape index (κ3) is 12.7. The highest BCUT2D eigenvalue weighted by Gasteiger charge is 2.20. The fraction of sp³-hybridized carbons (Fsp3) is 0.474. The minimum absolute atomic E-state index is 0.107. The molecule has 4 amide bonds. The van der Waals surface area contributed by atoms with Crippen molar-refractivity contribution < 1.29 is 23.9 Å². The number of amides is 4. The highest BCUT2D eigenvalue weighted by atomic mass is 31.0. The van der Waals surface area contributed by atoms with Crippen LogP contribution in [0.5, 0.6) is 0 Å². The number of carbonyl (C=O) groups excluding carboxylic acids is 4. The topological polar surface area (TPSA) is 152 Å². The Morgan fingerprint density at radius 2 is 1.80 bits per heavy atom. The fourth-order valence-electron chi connectivity index (χ4n) is 2.12. The molecule has 0 aliphatic heterocycles. The zero-order valence-corrected chi connectivity index (χ0v) is 18.7. The van der Waals surface area contributed by atoms with Crippen molar-refractivity contribution in [3.63, 3.8) is 0 Å². The van der Waals surface area contributed by atoms with Crippen LogP contribution < -0.4 is 26.8 Å². The Morgan fingerprint density at radius 1 is 1.17 bits per heavy atom. The van der Waals surface area contributed by atoms with Crippen LogP contribution in [-0.2, 0) is 25.7 Å². The molecule has 0 aliphatic rings. The maximum Gasteiger partial charge on any atom is 0.312 e. The Morgan fingerprint density at radius 3 is 2.23 bits per heavy atom. The number of primary amides is 1. The largest absolute Gasteiger partial charge is 0.463 e. The average molecular weight is 441 g/mol. The van der Waals surface area contributed by atoms with Gasteiger partial charge in [0, 0.05) is 12.2 Å². The normalized spacial score (nSPS) is 10.8. The van der Waals surface area contributed by atoms with E-state index in [2.05, 4.69) is 35.2 Å². The zero-order valence-electron chi connectivity index (χ0n) is 17.6.